The fourth-order valence-corrected chi connectivity index (χ4v) is 1.52. The van der Waals surface area contributed by atoms with Crippen LogP contribution in [-0.4, -0.2) is 34.4 Å². The lowest BCUT2D eigenvalue weighted by Gasteiger charge is -2.22. The number of aromatic amines is 1. The van der Waals surface area contributed by atoms with Crippen LogP contribution in [0.4, 0.5) is 5.69 Å². The van der Waals surface area contributed by atoms with Crippen LogP contribution in [0, 0.1) is 0 Å². The normalized spacial score (nSPS) is 10.1. The maximum absolute atomic E-state index is 11.2. The standard InChI is InChI=1S/C9H12ClN3O3/c1-2-3-13(5-7(14)15)6-4-11-12-9(16)8(6)10/h4H,2-3,5H2,1H3,(H,12,16)(H,14,15). The van der Waals surface area contributed by atoms with E-state index in [9.17, 15) is 9.59 Å². The lowest BCUT2D eigenvalue weighted by Crippen LogP contribution is -2.32. The van der Waals surface area contributed by atoms with E-state index in [0.717, 1.165) is 6.42 Å². The summed E-state index contributed by atoms with van der Waals surface area (Å²) in [4.78, 5) is 23.4. The smallest absolute Gasteiger partial charge is 0.323 e. The van der Waals surface area contributed by atoms with Gasteiger partial charge in [0.1, 0.15) is 11.6 Å². The van der Waals surface area contributed by atoms with Gasteiger partial charge in [0.25, 0.3) is 5.56 Å². The molecule has 88 valence electrons. The molecule has 0 bridgehead atoms. The highest BCUT2D eigenvalue weighted by Gasteiger charge is 2.15. The second-order valence-corrected chi connectivity index (χ2v) is 3.59. The molecule has 0 saturated carbocycles. The van der Waals surface area contributed by atoms with E-state index in [2.05, 4.69) is 10.2 Å². The summed E-state index contributed by atoms with van der Waals surface area (Å²) in [5, 5.41) is 14.5. The zero-order valence-corrected chi connectivity index (χ0v) is 9.49. The van der Waals surface area contributed by atoms with Crippen molar-refractivity contribution in [1.29, 1.82) is 0 Å². The molecule has 0 aliphatic carbocycles. The second-order valence-electron chi connectivity index (χ2n) is 3.21. The van der Waals surface area contributed by atoms with Crippen molar-refractivity contribution in [2.45, 2.75) is 13.3 Å². The fourth-order valence-electron chi connectivity index (χ4n) is 1.31. The van der Waals surface area contributed by atoms with Gasteiger partial charge in [-0.2, -0.15) is 5.10 Å². The van der Waals surface area contributed by atoms with E-state index in [4.69, 9.17) is 16.7 Å². The van der Waals surface area contributed by atoms with E-state index in [1.54, 1.807) is 0 Å². The van der Waals surface area contributed by atoms with Crippen LogP contribution in [0.5, 0.6) is 0 Å². The molecule has 1 rings (SSSR count). The van der Waals surface area contributed by atoms with E-state index in [-0.39, 0.29) is 11.6 Å². The Labute approximate surface area is 96.8 Å². The molecule has 6 nitrogen and oxygen atoms in total. The number of carboxylic acid groups (broad SMARTS) is 1. The molecule has 0 aliphatic rings. The molecule has 0 spiro atoms. The summed E-state index contributed by atoms with van der Waals surface area (Å²) >= 11 is 5.79. The largest absolute Gasteiger partial charge is 0.480 e. The lowest BCUT2D eigenvalue weighted by atomic mass is 10.3. The van der Waals surface area contributed by atoms with E-state index in [1.807, 2.05) is 6.92 Å². The molecular formula is C9H12ClN3O3. The number of nitrogens with one attached hydrogen (secondary N) is 1. The first-order valence-electron chi connectivity index (χ1n) is 4.76. The molecule has 1 aromatic rings. The summed E-state index contributed by atoms with van der Waals surface area (Å²) in [5.74, 6) is -0.982. The van der Waals surface area contributed by atoms with Crippen molar-refractivity contribution in [1.82, 2.24) is 10.2 Å². The summed E-state index contributed by atoms with van der Waals surface area (Å²) in [6.07, 6.45) is 2.10. The Morgan fingerprint density at radius 2 is 2.38 bits per heavy atom. The highest BCUT2D eigenvalue weighted by molar-refractivity contribution is 6.33. The average Bonchev–Trinajstić information content (AvgIpc) is 2.21. The summed E-state index contributed by atoms with van der Waals surface area (Å²) in [6.45, 7) is 2.19. The van der Waals surface area contributed by atoms with E-state index >= 15 is 0 Å². The third kappa shape index (κ3) is 2.96. The Hall–Kier alpha value is -1.56. The molecule has 0 atom stereocenters. The molecule has 1 aromatic heterocycles. The quantitative estimate of drug-likeness (QED) is 0.799. The molecule has 16 heavy (non-hydrogen) atoms. The van der Waals surface area contributed by atoms with Crippen molar-refractivity contribution in [2.75, 3.05) is 18.0 Å². The first kappa shape index (κ1) is 12.5. The molecule has 2 N–H and O–H groups in total. The number of H-pyrrole nitrogens is 1. The summed E-state index contributed by atoms with van der Waals surface area (Å²) in [6, 6.07) is 0. The minimum absolute atomic E-state index is 0.0373. The second kappa shape index (κ2) is 5.50. The average molecular weight is 246 g/mol. The van der Waals surface area contributed by atoms with Gasteiger partial charge in [0.05, 0.1) is 11.9 Å². The van der Waals surface area contributed by atoms with Crippen LogP contribution >= 0.6 is 11.6 Å². The molecule has 0 radical (unpaired) electrons. The van der Waals surface area contributed by atoms with Crippen molar-refractivity contribution >= 4 is 23.3 Å². The molecule has 0 aromatic carbocycles. The number of anilines is 1. The Bertz CT molecular complexity index is 432. The van der Waals surface area contributed by atoms with Crippen LogP contribution in [0.2, 0.25) is 5.02 Å². The van der Waals surface area contributed by atoms with Crippen molar-refractivity contribution in [3.05, 3.63) is 21.6 Å². The summed E-state index contributed by atoms with van der Waals surface area (Å²) < 4.78 is 0. The number of aromatic nitrogens is 2. The van der Waals surface area contributed by atoms with E-state index < -0.39 is 11.5 Å². The number of aliphatic carboxylic acids is 1. The molecule has 0 unspecified atom stereocenters. The number of carboxylic acids is 1. The van der Waals surface area contributed by atoms with Crippen LogP contribution in [0.3, 0.4) is 0 Å². The molecule has 0 amide bonds. The maximum Gasteiger partial charge on any atom is 0.323 e. The van der Waals surface area contributed by atoms with Crippen molar-refractivity contribution < 1.29 is 9.90 Å². The summed E-state index contributed by atoms with van der Waals surface area (Å²) in [5.41, 5.74) is -0.180. The minimum atomic E-state index is -0.982. The molecule has 7 heteroatoms. The monoisotopic (exact) mass is 245 g/mol. The number of hydrogen-bond acceptors (Lipinski definition) is 4. The highest BCUT2D eigenvalue weighted by Crippen LogP contribution is 2.20. The van der Waals surface area contributed by atoms with E-state index in [0.29, 0.717) is 12.2 Å². The van der Waals surface area contributed by atoms with Gasteiger partial charge >= 0.3 is 5.97 Å². The first-order chi connectivity index (χ1) is 7.56. The Kier molecular flexibility index (Phi) is 4.30. The van der Waals surface area contributed by atoms with Crippen LogP contribution in [-0.2, 0) is 4.79 Å². The first-order valence-corrected chi connectivity index (χ1v) is 5.14. The van der Waals surface area contributed by atoms with Gasteiger partial charge in [0.2, 0.25) is 0 Å². The lowest BCUT2D eigenvalue weighted by molar-refractivity contribution is -0.135. The zero-order valence-electron chi connectivity index (χ0n) is 8.73. The number of carbonyl (C=O) groups is 1. The molecular weight excluding hydrogens is 234 g/mol. The summed E-state index contributed by atoms with van der Waals surface area (Å²) in [7, 11) is 0. The van der Waals surface area contributed by atoms with Gasteiger partial charge in [-0.1, -0.05) is 18.5 Å². The van der Waals surface area contributed by atoms with Crippen LogP contribution in [0.25, 0.3) is 0 Å². The number of halogens is 1. The molecule has 0 fully saturated rings. The number of rotatable bonds is 5. The van der Waals surface area contributed by atoms with Gasteiger partial charge in [-0.05, 0) is 6.42 Å². The molecule has 1 heterocycles. The maximum atomic E-state index is 11.2. The molecule has 0 aliphatic heterocycles. The van der Waals surface area contributed by atoms with Gasteiger partial charge in [-0.25, -0.2) is 5.10 Å². The SMILES string of the molecule is CCCN(CC(=O)O)c1cn[nH]c(=O)c1Cl. The highest BCUT2D eigenvalue weighted by atomic mass is 35.5. The van der Waals surface area contributed by atoms with Crippen molar-refractivity contribution in [3.63, 3.8) is 0 Å². The Morgan fingerprint density at radius 3 is 2.94 bits per heavy atom. The molecule has 0 saturated heterocycles. The third-order valence-electron chi connectivity index (χ3n) is 1.94. The zero-order chi connectivity index (χ0) is 12.1. The van der Waals surface area contributed by atoms with Crippen molar-refractivity contribution in [2.24, 2.45) is 0 Å². The van der Waals surface area contributed by atoms with Crippen molar-refractivity contribution in [3.8, 4) is 0 Å². The minimum Gasteiger partial charge on any atom is -0.480 e. The predicted octanol–water partition coefficient (Wildman–Crippen LogP) is 0.724. The fraction of sp³-hybridized carbons (Fsp3) is 0.444. The predicted molar refractivity (Wildman–Crippen MR) is 60.0 cm³/mol. The number of nitrogens with zero attached hydrogens (tertiary/aromatic N) is 2. The topological polar surface area (TPSA) is 86.3 Å². The van der Waals surface area contributed by atoms with Crippen LogP contribution < -0.4 is 10.5 Å². The van der Waals surface area contributed by atoms with Crippen LogP contribution in [0.1, 0.15) is 13.3 Å². The Morgan fingerprint density at radius 1 is 1.69 bits per heavy atom. The van der Waals surface area contributed by atoms with Gasteiger partial charge in [-0.15, -0.1) is 0 Å². The van der Waals surface area contributed by atoms with Gasteiger partial charge in [0, 0.05) is 6.54 Å². The van der Waals surface area contributed by atoms with Gasteiger partial charge < -0.3 is 10.0 Å². The van der Waals surface area contributed by atoms with Gasteiger partial charge in [-0.3, -0.25) is 9.59 Å². The number of hydrogen-bond donors (Lipinski definition) is 2. The Balaban J connectivity index is 3.05. The van der Waals surface area contributed by atoms with E-state index in [1.165, 1.54) is 11.1 Å². The van der Waals surface area contributed by atoms with Gasteiger partial charge in [0.15, 0.2) is 0 Å². The third-order valence-corrected chi connectivity index (χ3v) is 2.30. The van der Waals surface area contributed by atoms with Crippen LogP contribution in [0.15, 0.2) is 11.0 Å².